The molecule has 3 heterocycles. The van der Waals surface area contributed by atoms with E-state index in [0.29, 0.717) is 44.8 Å². The van der Waals surface area contributed by atoms with E-state index in [-0.39, 0.29) is 17.7 Å². The Morgan fingerprint density at radius 2 is 1.94 bits per heavy atom. The van der Waals surface area contributed by atoms with Crippen LogP contribution in [0.5, 0.6) is 0 Å². The van der Waals surface area contributed by atoms with Crippen molar-refractivity contribution in [2.24, 2.45) is 5.92 Å². The maximum Gasteiger partial charge on any atom is 0.272 e. The summed E-state index contributed by atoms with van der Waals surface area (Å²) in [7, 11) is 0. The van der Waals surface area contributed by atoms with E-state index in [1.807, 2.05) is 34.3 Å². The molecule has 0 saturated carbocycles. The van der Waals surface area contributed by atoms with Gasteiger partial charge in [-0.3, -0.25) is 9.59 Å². The molecule has 7 heteroatoms. The van der Waals surface area contributed by atoms with Gasteiger partial charge in [0.25, 0.3) is 5.91 Å². The van der Waals surface area contributed by atoms with Gasteiger partial charge >= 0.3 is 0 Å². The van der Waals surface area contributed by atoms with Crippen molar-refractivity contribution in [1.29, 1.82) is 0 Å². The Bertz CT molecular complexity index is 1030. The van der Waals surface area contributed by atoms with Crippen LogP contribution in [0.15, 0.2) is 54.3 Å². The van der Waals surface area contributed by atoms with Gasteiger partial charge in [0, 0.05) is 37.6 Å². The van der Waals surface area contributed by atoms with E-state index in [1.165, 1.54) is 10.4 Å². The fourth-order valence-corrected chi connectivity index (χ4v) is 4.87. The lowest BCUT2D eigenvalue weighted by molar-refractivity contribution is -0.134. The second-order valence-corrected chi connectivity index (χ2v) is 8.76. The molecule has 1 atom stereocenters. The topological polar surface area (TPSA) is 58.4 Å². The molecule has 3 aromatic rings. The number of rotatable bonds is 6. The third kappa shape index (κ3) is 4.56. The molecule has 1 aliphatic heterocycles. The zero-order chi connectivity index (χ0) is 21.8. The number of likely N-dealkylation sites (N-methyl/N-ethyl adjacent to an activating group) is 1. The summed E-state index contributed by atoms with van der Waals surface area (Å²) in [6.45, 7) is 6.86. The quantitative estimate of drug-likeness (QED) is 0.591. The summed E-state index contributed by atoms with van der Waals surface area (Å²) in [5, 5.41) is 2.07. The molecule has 0 aliphatic carbocycles. The van der Waals surface area contributed by atoms with Crippen molar-refractivity contribution < 1.29 is 9.59 Å². The van der Waals surface area contributed by atoms with Gasteiger partial charge in [-0.05, 0) is 42.8 Å². The molecule has 0 radical (unpaired) electrons. The van der Waals surface area contributed by atoms with Crippen LogP contribution in [0.4, 0.5) is 0 Å². The van der Waals surface area contributed by atoms with Crippen molar-refractivity contribution in [2.75, 3.05) is 26.2 Å². The molecule has 0 spiro atoms. The lowest BCUT2D eigenvalue weighted by atomic mass is 9.96. The number of nitrogens with zero attached hydrogens (tertiary/aromatic N) is 4. The summed E-state index contributed by atoms with van der Waals surface area (Å²) in [6, 6.07) is 12.6. The van der Waals surface area contributed by atoms with Crippen LogP contribution in [0, 0.1) is 5.92 Å². The Kier molecular flexibility index (Phi) is 6.51. The van der Waals surface area contributed by atoms with Crippen LogP contribution in [0.2, 0.25) is 0 Å². The van der Waals surface area contributed by atoms with Gasteiger partial charge in [-0.2, -0.15) is 0 Å². The predicted molar refractivity (Wildman–Crippen MR) is 123 cm³/mol. The number of carbonyl (C=O) groups is 2. The molecule has 4 rings (SSSR count). The fraction of sp³-hybridized carbons (Fsp3) is 0.375. The number of imidazole rings is 1. The van der Waals surface area contributed by atoms with Crippen LogP contribution in [-0.4, -0.2) is 57.3 Å². The highest BCUT2D eigenvalue weighted by Crippen LogP contribution is 2.26. The molecule has 1 fully saturated rings. The van der Waals surface area contributed by atoms with Crippen LogP contribution >= 0.6 is 11.3 Å². The van der Waals surface area contributed by atoms with Gasteiger partial charge in [-0.1, -0.05) is 30.3 Å². The maximum absolute atomic E-state index is 13.2. The van der Waals surface area contributed by atoms with E-state index in [9.17, 15) is 9.59 Å². The van der Waals surface area contributed by atoms with E-state index in [4.69, 9.17) is 0 Å². The first-order valence-electron chi connectivity index (χ1n) is 10.8. The lowest BCUT2D eigenvalue weighted by Crippen LogP contribution is -2.38. The Morgan fingerprint density at radius 1 is 1.13 bits per heavy atom. The summed E-state index contributed by atoms with van der Waals surface area (Å²) in [4.78, 5) is 35.4. The molecule has 2 amide bonds. The van der Waals surface area contributed by atoms with Crippen molar-refractivity contribution in [2.45, 2.75) is 26.8 Å². The highest BCUT2D eigenvalue weighted by molar-refractivity contribution is 7.13. The number of carbonyl (C=O) groups excluding carboxylic acids is 2. The zero-order valence-electron chi connectivity index (χ0n) is 18.0. The number of thiophene rings is 1. The molecule has 1 unspecified atom stereocenters. The van der Waals surface area contributed by atoms with E-state index < -0.39 is 0 Å². The molecular formula is C24H28N4O2S. The highest BCUT2D eigenvalue weighted by Gasteiger charge is 2.32. The third-order valence-corrected chi connectivity index (χ3v) is 6.84. The van der Waals surface area contributed by atoms with Gasteiger partial charge in [0.15, 0.2) is 0 Å². The Labute approximate surface area is 187 Å². The predicted octanol–water partition coefficient (Wildman–Crippen LogP) is 3.79. The first-order chi connectivity index (χ1) is 15.1. The first-order valence-corrected chi connectivity index (χ1v) is 11.7. The van der Waals surface area contributed by atoms with E-state index >= 15 is 0 Å². The van der Waals surface area contributed by atoms with Gasteiger partial charge in [-0.15, -0.1) is 11.3 Å². The molecule has 6 nitrogen and oxygen atoms in total. The average molecular weight is 437 g/mol. The van der Waals surface area contributed by atoms with Crippen LogP contribution in [0.3, 0.4) is 0 Å². The van der Waals surface area contributed by atoms with Crippen molar-refractivity contribution in [3.05, 3.63) is 65.6 Å². The normalized spacial score (nSPS) is 17.1. The molecule has 1 aromatic carbocycles. The average Bonchev–Trinajstić information content (AvgIpc) is 3.47. The third-order valence-electron chi connectivity index (χ3n) is 5.92. The number of amides is 2. The smallest absolute Gasteiger partial charge is 0.272 e. The molecule has 31 heavy (non-hydrogen) atoms. The molecular weight excluding hydrogens is 408 g/mol. The van der Waals surface area contributed by atoms with Gasteiger partial charge in [0.2, 0.25) is 5.91 Å². The first kappa shape index (κ1) is 21.3. The molecule has 2 aromatic heterocycles. The molecule has 1 aliphatic rings. The second-order valence-electron chi connectivity index (χ2n) is 7.81. The zero-order valence-corrected chi connectivity index (χ0v) is 18.8. The monoisotopic (exact) mass is 436 g/mol. The summed E-state index contributed by atoms with van der Waals surface area (Å²) in [5.74, 6) is -0.177. The summed E-state index contributed by atoms with van der Waals surface area (Å²) in [6.07, 6.45) is 3.92. The van der Waals surface area contributed by atoms with Gasteiger partial charge in [-0.25, -0.2) is 4.98 Å². The van der Waals surface area contributed by atoms with Gasteiger partial charge in [0.05, 0.1) is 18.4 Å². The fourth-order valence-electron chi connectivity index (χ4n) is 4.14. The van der Waals surface area contributed by atoms with Crippen LogP contribution in [0.25, 0.3) is 10.4 Å². The number of aromatic nitrogens is 2. The number of hydrogen-bond acceptors (Lipinski definition) is 4. The standard InChI is InChI=1S/C24H28N4O2S/c1-3-26-11-12-28(24(30)21-15-25-17-27(21)4-2)16-20(23(26)29)14-18-7-9-19(10-8-18)22-6-5-13-31-22/h5-10,13,15,17,20H,3-4,11-12,14,16H2,1-2H3. The summed E-state index contributed by atoms with van der Waals surface area (Å²) in [5.41, 5.74) is 2.88. The van der Waals surface area contributed by atoms with Crippen LogP contribution in [-0.2, 0) is 17.8 Å². The molecule has 0 bridgehead atoms. The number of hydrogen-bond donors (Lipinski definition) is 0. The van der Waals surface area contributed by atoms with Crippen LogP contribution in [0.1, 0.15) is 29.9 Å². The Morgan fingerprint density at radius 3 is 2.61 bits per heavy atom. The minimum atomic E-state index is -0.253. The van der Waals surface area contributed by atoms with Crippen molar-refractivity contribution >= 4 is 23.2 Å². The number of benzene rings is 1. The van der Waals surface area contributed by atoms with E-state index in [2.05, 4.69) is 40.7 Å². The number of aryl methyl sites for hydroxylation is 1. The van der Waals surface area contributed by atoms with Crippen molar-refractivity contribution in [1.82, 2.24) is 19.4 Å². The van der Waals surface area contributed by atoms with Gasteiger partial charge < -0.3 is 14.4 Å². The summed E-state index contributed by atoms with van der Waals surface area (Å²) >= 11 is 1.72. The minimum absolute atomic E-state index is 0.0526. The summed E-state index contributed by atoms with van der Waals surface area (Å²) < 4.78 is 1.85. The Balaban J connectivity index is 1.54. The molecule has 162 valence electrons. The largest absolute Gasteiger partial charge is 0.341 e. The Hall–Kier alpha value is -2.93. The van der Waals surface area contributed by atoms with Crippen molar-refractivity contribution in [3.8, 4) is 10.4 Å². The van der Waals surface area contributed by atoms with E-state index in [0.717, 1.165) is 5.56 Å². The highest BCUT2D eigenvalue weighted by atomic mass is 32.1. The van der Waals surface area contributed by atoms with Crippen LogP contribution < -0.4 is 0 Å². The van der Waals surface area contributed by atoms with Crippen molar-refractivity contribution in [3.63, 3.8) is 0 Å². The second kappa shape index (κ2) is 9.47. The SMILES string of the molecule is CCN1CCN(C(=O)c2cncn2CC)CC(Cc2ccc(-c3cccs3)cc2)C1=O. The van der Waals surface area contributed by atoms with E-state index in [1.54, 1.807) is 23.9 Å². The molecule has 0 N–H and O–H groups in total. The molecule has 1 saturated heterocycles. The minimum Gasteiger partial charge on any atom is -0.341 e. The lowest BCUT2D eigenvalue weighted by Gasteiger charge is -2.24. The van der Waals surface area contributed by atoms with Gasteiger partial charge in [0.1, 0.15) is 5.69 Å². The maximum atomic E-state index is 13.2.